The van der Waals surface area contributed by atoms with Crippen molar-refractivity contribution in [3.63, 3.8) is 0 Å². The molecule has 0 fully saturated rings. The lowest BCUT2D eigenvalue weighted by Crippen LogP contribution is -2.58. The Hall–Kier alpha value is -3.02. The summed E-state index contributed by atoms with van der Waals surface area (Å²) >= 11 is 0. The van der Waals surface area contributed by atoms with Crippen LogP contribution in [-0.2, 0) is 0 Å². The van der Waals surface area contributed by atoms with Crippen LogP contribution < -0.4 is 5.73 Å². The van der Waals surface area contributed by atoms with E-state index in [1.54, 1.807) is 6.21 Å². The van der Waals surface area contributed by atoms with Crippen molar-refractivity contribution in [2.45, 2.75) is 79.7 Å². The highest BCUT2D eigenvalue weighted by Crippen LogP contribution is 2.39. The summed E-state index contributed by atoms with van der Waals surface area (Å²) in [6.07, 6.45) is 1.43. The molecule has 0 aliphatic carbocycles. The number of pyridine rings is 1. The van der Waals surface area contributed by atoms with Crippen LogP contribution >= 0.6 is 0 Å². The van der Waals surface area contributed by atoms with E-state index < -0.39 is 0 Å². The molecular formula is C26H38N5O+. The van der Waals surface area contributed by atoms with Gasteiger partial charge in [0.2, 0.25) is 6.21 Å². The van der Waals surface area contributed by atoms with Gasteiger partial charge < -0.3 is 5.73 Å². The van der Waals surface area contributed by atoms with E-state index in [-0.39, 0.29) is 17.4 Å². The molecule has 172 valence electrons. The first kappa shape index (κ1) is 23.6. The maximum Gasteiger partial charge on any atom is 0.359 e. The molecule has 0 bridgehead atoms. The first-order chi connectivity index (χ1) is 14.7. The van der Waals surface area contributed by atoms with Gasteiger partial charge >= 0.3 is 6.29 Å². The van der Waals surface area contributed by atoms with Crippen LogP contribution in [0.4, 0.5) is 5.82 Å². The van der Waals surface area contributed by atoms with Gasteiger partial charge in [-0.15, -0.1) is 0 Å². The normalized spacial score (nSPS) is 16.3. The number of rotatable bonds is 3. The van der Waals surface area contributed by atoms with Gasteiger partial charge in [-0.1, -0.05) is 12.1 Å². The van der Waals surface area contributed by atoms with Gasteiger partial charge in [-0.3, -0.25) is 15.0 Å². The Morgan fingerprint density at radius 3 is 2.00 bits per heavy atom. The minimum absolute atomic E-state index is 0.171. The predicted octanol–water partition coefficient (Wildman–Crippen LogP) is 5.21. The van der Waals surface area contributed by atoms with Gasteiger partial charge in [0, 0.05) is 38.3 Å². The smallest absolute Gasteiger partial charge is 0.359 e. The van der Waals surface area contributed by atoms with Gasteiger partial charge in [0.05, 0.1) is 5.69 Å². The molecule has 2 heterocycles. The second kappa shape index (κ2) is 8.15. The van der Waals surface area contributed by atoms with Crippen LogP contribution in [-0.4, -0.2) is 48.3 Å². The number of allylic oxidation sites excluding steroid dienone is 2. The molecule has 0 amide bonds. The minimum Gasteiger partial charge on any atom is -0.384 e. The van der Waals surface area contributed by atoms with Crippen LogP contribution in [0.15, 0.2) is 47.8 Å². The molecule has 0 saturated carbocycles. The monoisotopic (exact) mass is 436 g/mol. The minimum atomic E-state index is -0.355. The zero-order chi connectivity index (χ0) is 24.0. The number of anilines is 1. The third-order valence-corrected chi connectivity index (χ3v) is 5.84. The molecule has 1 aliphatic rings. The summed E-state index contributed by atoms with van der Waals surface area (Å²) in [5.74, 6) is 0.503. The predicted molar refractivity (Wildman–Crippen MR) is 131 cm³/mol. The van der Waals surface area contributed by atoms with Crippen molar-refractivity contribution < 1.29 is 9.95 Å². The topological polar surface area (TPSA) is 68.6 Å². The highest BCUT2D eigenvalue weighted by molar-refractivity contribution is 5.79. The van der Waals surface area contributed by atoms with E-state index in [0.717, 1.165) is 33.8 Å². The van der Waals surface area contributed by atoms with E-state index in [0.29, 0.717) is 5.82 Å². The van der Waals surface area contributed by atoms with Gasteiger partial charge in [-0.2, -0.15) is 0 Å². The zero-order valence-corrected chi connectivity index (χ0v) is 20.9. The quantitative estimate of drug-likeness (QED) is 0.299. The largest absolute Gasteiger partial charge is 0.384 e. The summed E-state index contributed by atoms with van der Waals surface area (Å²) < 4.78 is 1.33. The number of aromatic nitrogens is 1. The van der Waals surface area contributed by atoms with Gasteiger partial charge in [-0.05, 0) is 92.1 Å². The van der Waals surface area contributed by atoms with Crippen molar-refractivity contribution in [1.29, 1.82) is 0 Å². The second-order valence-electron chi connectivity index (χ2n) is 10.7. The SMILES string of the molecule is CC1=C(C)N(C(C)(C)C)C(/[N+](O)=C/c2cccc(-c3cc(C)cc(N)n3)c2)N1C(C)(C)C. The van der Waals surface area contributed by atoms with Crippen LogP contribution in [0.25, 0.3) is 11.3 Å². The molecule has 0 saturated heterocycles. The Kier molecular flexibility index (Phi) is 6.02. The molecule has 32 heavy (non-hydrogen) atoms. The summed E-state index contributed by atoms with van der Waals surface area (Å²) in [6, 6.07) is 11.9. The number of hydroxylamine groups is 1. The van der Waals surface area contributed by atoms with Crippen LogP contribution in [0.5, 0.6) is 0 Å². The van der Waals surface area contributed by atoms with Gasteiger partial charge in [-0.25, -0.2) is 4.98 Å². The first-order valence-electron chi connectivity index (χ1n) is 11.1. The van der Waals surface area contributed by atoms with E-state index in [1.165, 1.54) is 4.74 Å². The van der Waals surface area contributed by atoms with Crippen molar-refractivity contribution in [1.82, 2.24) is 14.8 Å². The van der Waals surface area contributed by atoms with Crippen molar-refractivity contribution in [2.24, 2.45) is 0 Å². The molecule has 0 radical (unpaired) electrons. The number of nitrogens with two attached hydrogens (primary N) is 1. The van der Waals surface area contributed by atoms with Crippen LogP contribution in [0.1, 0.15) is 66.5 Å². The summed E-state index contributed by atoms with van der Waals surface area (Å²) in [5.41, 5.74) is 11.7. The maximum atomic E-state index is 11.4. The first-order valence-corrected chi connectivity index (χ1v) is 11.1. The Morgan fingerprint density at radius 1 is 0.938 bits per heavy atom. The number of aryl methyl sites for hydroxylation is 1. The number of hydrogen-bond donors (Lipinski definition) is 2. The molecule has 3 N–H and O–H groups in total. The fraction of sp³-hybridized carbons (Fsp3) is 0.462. The fourth-order valence-corrected chi connectivity index (χ4v) is 4.59. The average Bonchev–Trinajstić information content (AvgIpc) is 2.92. The van der Waals surface area contributed by atoms with Crippen LogP contribution in [0.2, 0.25) is 0 Å². The number of benzene rings is 1. The lowest BCUT2D eigenvalue weighted by Gasteiger charge is -2.41. The Labute approximate surface area is 192 Å². The maximum absolute atomic E-state index is 11.4. The van der Waals surface area contributed by atoms with E-state index in [9.17, 15) is 5.21 Å². The van der Waals surface area contributed by atoms with Crippen molar-refractivity contribution in [2.75, 3.05) is 5.73 Å². The standard InChI is InChI=1S/C26H38N5O/c1-17-13-22(28-23(27)14-17)21-12-10-11-20(15-21)16-29(32)24-30(25(4,5)6)18(2)19(3)31(24)26(7,8)9/h10-16,24,32H,1-9H3,(H2,27,28)/q+1/b29-16-. The molecule has 1 aromatic carbocycles. The summed E-state index contributed by atoms with van der Waals surface area (Å²) in [4.78, 5) is 9.02. The molecule has 2 aromatic rings. The molecule has 3 rings (SSSR count). The average molecular weight is 437 g/mol. The number of nitrogens with zero attached hydrogens (tertiary/aromatic N) is 4. The highest BCUT2D eigenvalue weighted by atomic mass is 16.5. The van der Waals surface area contributed by atoms with Crippen molar-refractivity contribution in [3.8, 4) is 11.3 Å². The highest BCUT2D eigenvalue weighted by Gasteiger charge is 2.51. The zero-order valence-electron chi connectivity index (χ0n) is 20.9. The molecule has 1 aliphatic heterocycles. The summed E-state index contributed by atoms with van der Waals surface area (Å²) in [5, 5.41) is 11.4. The van der Waals surface area contributed by atoms with Crippen molar-refractivity contribution in [3.05, 3.63) is 58.9 Å². The summed E-state index contributed by atoms with van der Waals surface area (Å²) in [6.45, 7) is 19.3. The van der Waals surface area contributed by atoms with Crippen LogP contribution in [0, 0.1) is 6.92 Å². The van der Waals surface area contributed by atoms with Crippen LogP contribution in [0.3, 0.4) is 0 Å². The fourth-order valence-electron chi connectivity index (χ4n) is 4.59. The number of hydrogen-bond acceptors (Lipinski definition) is 5. The summed E-state index contributed by atoms with van der Waals surface area (Å²) in [7, 11) is 0. The van der Waals surface area contributed by atoms with E-state index >= 15 is 0 Å². The molecular weight excluding hydrogens is 398 g/mol. The van der Waals surface area contributed by atoms with E-state index in [2.05, 4.69) is 70.2 Å². The third kappa shape index (κ3) is 4.59. The molecule has 0 unspecified atom stereocenters. The third-order valence-electron chi connectivity index (χ3n) is 5.84. The Bertz CT molecular complexity index is 1020. The van der Waals surface area contributed by atoms with E-state index in [4.69, 9.17) is 5.73 Å². The molecule has 0 atom stereocenters. The van der Waals surface area contributed by atoms with Crippen molar-refractivity contribution >= 4 is 12.0 Å². The lowest BCUT2D eigenvalue weighted by molar-refractivity contribution is -0.822. The molecule has 6 nitrogen and oxygen atoms in total. The van der Waals surface area contributed by atoms with Gasteiger partial charge in [0.1, 0.15) is 5.82 Å². The lowest BCUT2D eigenvalue weighted by atomic mass is 10.0. The van der Waals surface area contributed by atoms with Gasteiger partial charge in [0.25, 0.3) is 0 Å². The number of nitrogen functional groups attached to an aromatic ring is 1. The molecule has 6 heteroatoms. The Balaban J connectivity index is 2.06. The van der Waals surface area contributed by atoms with Gasteiger partial charge in [0.15, 0.2) is 0 Å². The second-order valence-corrected chi connectivity index (χ2v) is 10.7. The molecule has 0 spiro atoms. The molecule has 1 aromatic heterocycles. The van der Waals surface area contributed by atoms with E-state index in [1.807, 2.05) is 43.3 Å². The Morgan fingerprint density at radius 2 is 1.50 bits per heavy atom.